The van der Waals surface area contributed by atoms with Crippen molar-refractivity contribution >= 4 is 29.6 Å². The van der Waals surface area contributed by atoms with Crippen LogP contribution >= 0.6 is 0 Å². The number of aromatic amines is 1. The Morgan fingerprint density at radius 3 is 2.51 bits per heavy atom. The Kier molecular flexibility index (Phi) is 8.14. The van der Waals surface area contributed by atoms with Crippen molar-refractivity contribution in [2.45, 2.75) is 51.4 Å². The lowest BCUT2D eigenvalue weighted by Gasteiger charge is -2.36. The minimum absolute atomic E-state index is 0.113. The van der Waals surface area contributed by atoms with Gasteiger partial charge < -0.3 is 25.7 Å². The van der Waals surface area contributed by atoms with Gasteiger partial charge in [-0.1, -0.05) is 0 Å². The molecule has 10 nitrogen and oxygen atoms in total. The van der Waals surface area contributed by atoms with Crippen LogP contribution in [0.2, 0.25) is 0 Å². The molecule has 2 aromatic rings. The minimum atomic E-state index is -4.76. The zero-order valence-electron chi connectivity index (χ0n) is 20.6. The number of anilines is 1. The molecule has 1 fully saturated rings. The number of nitrogens with one attached hydrogen (secondary N) is 3. The number of benzene rings is 1. The zero-order chi connectivity index (χ0) is 27.4. The number of aliphatic imine (C=N–C) groups is 1. The molecule has 5 N–H and O–H groups in total. The fourth-order valence-electron chi connectivity index (χ4n) is 3.83. The highest BCUT2D eigenvalue weighted by atomic mass is 19.4. The average molecular weight is 523 g/mol. The number of halogens is 3. The second kappa shape index (κ2) is 10.9. The van der Waals surface area contributed by atoms with Gasteiger partial charge in [-0.3, -0.25) is 14.9 Å². The van der Waals surface area contributed by atoms with E-state index in [0.29, 0.717) is 31.1 Å². The molecule has 2 heterocycles. The number of nitrogens with zero attached hydrogens (tertiary/aromatic N) is 2. The third-order valence-corrected chi connectivity index (χ3v) is 5.35. The van der Waals surface area contributed by atoms with Crippen LogP contribution in [0.5, 0.6) is 0 Å². The van der Waals surface area contributed by atoms with Crippen molar-refractivity contribution < 1.29 is 32.3 Å². The lowest BCUT2D eigenvalue weighted by atomic mass is 10.0. The Morgan fingerprint density at radius 1 is 1.16 bits per heavy atom. The Morgan fingerprint density at radius 2 is 1.89 bits per heavy atom. The van der Waals surface area contributed by atoms with E-state index >= 15 is 0 Å². The van der Waals surface area contributed by atoms with Crippen LogP contribution in [0.25, 0.3) is 0 Å². The molecule has 1 unspecified atom stereocenters. The number of piperidine rings is 1. The van der Waals surface area contributed by atoms with Gasteiger partial charge in [-0.05, 0) is 63.9 Å². The van der Waals surface area contributed by atoms with Crippen LogP contribution in [0, 0.1) is 0 Å². The largest absolute Gasteiger partial charge is 0.442 e. The van der Waals surface area contributed by atoms with Gasteiger partial charge in [0.25, 0.3) is 11.8 Å². The van der Waals surface area contributed by atoms with E-state index in [0.717, 1.165) is 0 Å². The smallest absolute Gasteiger partial charge is 0.437 e. The molecule has 1 atom stereocenters. The molecule has 3 rings (SSSR count). The van der Waals surface area contributed by atoms with Gasteiger partial charge in [-0.25, -0.2) is 4.79 Å². The number of hydrogen-bond acceptors (Lipinski definition) is 5. The number of aromatic nitrogens is 1. The summed E-state index contributed by atoms with van der Waals surface area (Å²) >= 11 is 0. The van der Waals surface area contributed by atoms with Crippen molar-refractivity contribution in [2.24, 2.45) is 10.7 Å². The summed E-state index contributed by atoms with van der Waals surface area (Å²) in [5, 5.41) is 4.93. The molecule has 1 aromatic heterocycles. The van der Waals surface area contributed by atoms with Gasteiger partial charge in [-0.2, -0.15) is 13.2 Å². The van der Waals surface area contributed by atoms with Crippen LogP contribution < -0.4 is 21.3 Å². The molecular formula is C24H29F3N6O4. The maximum atomic E-state index is 14.0. The van der Waals surface area contributed by atoms with Gasteiger partial charge in [0.1, 0.15) is 11.3 Å². The van der Waals surface area contributed by atoms with Gasteiger partial charge in [-0.15, -0.1) is 4.99 Å². The van der Waals surface area contributed by atoms with E-state index in [1.807, 2.05) is 0 Å². The predicted molar refractivity (Wildman–Crippen MR) is 130 cm³/mol. The summed E-state index contributed by atoms with van der Waals surface area (Å²) in [6.45, 7) is 5.33. The number of H-pyrrole nitrogens is 1. The van der Waals surface area contributed by atoms with Crippen molar-refractivity contribution in [3.63, 3.8) is 0 Å². The average Bonchev–Trinajstić information content (AvgIpc) is 3.32. The van der Waals surface area contributed by atoms with Crippen molar-refractivity contribution in [2.75, 3.05) is 18.0 Å². The van der Waals surface area contributed by atoms with Gasteiger partial charge in [0.15, 0.2) is 0 Å². The quantitative estimate of drug-likeness (QED) is 0.358. The summed E-state index contributed by atoms with van der Waals surface area (Å²) in [4.78, 5) is 44.3. The Balaban J connectivity index is 1.76. The van der Waals surface area contributed by atoms with Crippen LogP contribution in [0.3, 0.4) is 0 Å². The Bertz CT molecular complexity index is 1170. The van der Waals surface area contributed by atoms with Crippen molar-refractivity contribution in [3.8, 4) is 0 Å². The molecule has 1 aromatic carbocycles. The first-order valence-electron chi connectivity index (χ1n) is 11.5. The second-order valence-electron chi connectivity index (χ2n) is 9.50. The third kappa shape index (κ3) is 7.72. The molecule has 37 heavy (non-hydrogen) atoms. The second-order valence-corrected chi connectivity index (χ2v) is 9.50. The van der Waals surface area contributed by atoms with Crippen LogP contribution in [-0.2, 0) is 10.9 Å². The van der Waals surface area contributed by atoms with Crippen LogP contribution in [-0.4, -0.2) is 53.6 Å². The monoisotopic (exact) mass is 522 g/mol. The fourth-order valence-corrected chi connectivity index (χ4v) is 3.83. The molecule has 13 heteroatoms. The number of carbonyl (C=O) groups is 3. The van der Waals surface area contributed by atoms with E-state index in [9.17, 15) is 27.6 Å². The normalized spacial score (nSPS) is 16.8. The molecule has 0 saturated carbocycles. The third-order valence-electron chi connectivity index (χ3n) is 5.35. The number of alkyl halides is 3. The molecule has 200 valence electrons. The van der Waals surface area contributed by atoms with E-state index in [4.69, 9.17) is 10.5 Å². The molecule has 0 bridgehead atoms. The lowest BCUT2D eigenvalue weighted by Crippen LogP contribution is -2.48. The number of carbonyl (C=O) groups excluding carboxylic acids is 3. The Labute approximate surface area is 211 Å². The van der Waals surface area contributed by atoms with E-state index in [-0.39, 0.29) is 29.7 Å². The zero-order valence-corrected chi connectivity index (χ0v) is 20.6. The molecule has 1 aliphatic heterocycles. The van der Waals surface area contributed by atoms with Crippen LogP contribution in [0.15, 0.2) is 41.5 Å². The number of rotatable bonds is 4. The number of hydrogen-bond donors (Lipinski definition) is 4. The van der Waals surface area contributed by atoms with Gasteiger partial charge >= 0.3 is 12.3 Å². The maximum absolute atomic E-state index is 14.0. The lowest BCUT2D eigenvalue weighted by molar-refractivity contribution is -0.137. The minimum Gasteiger partial charge on any atom is -0.442 e. The molecule has 3 amide bonds. The molecule has 1 aliphatic rings. The first-order chi connectivity index (χ1) is 17.2. The van der Waals surface area contributed by atoms with Gasteiger partial charge in [0, 0.05) is 36.6 Å². The highest BCUT2D eigenvalue weighted by Gasteiger charge is 2.37. The molecule has 0 radical (unpaired) electrons. The van der Waals surface area contributed by atoms with Gasteiger partial charge in [0.05, 0.1) is 5.56 Å². The van der Waals surface area contributed by atoms with E-state index in [1.54, 1.807) is 39.1 Å². The SMILES string of the molecule is CC(C)(C)OC(=O)/N=C(/N)NC(=O)c1ccc(N2CCCC(NC(=O)c3ccc[nH]3)C2)c(C(F)(F)F)c1. The molecule has 0 aliphatic carbocycles. The van der Waals surface area contributed by atoms with Crippen molar-refractivity contribution in [3.05, 3.63) is 53.3 Å². The van der Waals surface area contributed by atoms with Crippen molar-refractivity contribution in [1.82, 2.24) is 15.6 Å². The number of ether oxygens (including phenoxy) is 1. The van der Waals surface area contributed by atoms with Crippen molar-refractivity contribution in [1.29, 1.82) is 0 Å². The number of nitrogens with two attached hydrogens (primary N) is 1. The predicted octanol–water partition coefficient (Wildman–Crippen LogP) is 3.41. The fraction of sp³-hybridized carbons (Fsp3) is 0.417. The first-order valence-corrected chi connectivity index (χ1v) is 11.5. The maximum Gasteiger partial charge on any atom is 0.437 e. The first kappa shape index (κ1) is 27.6. The van der Waals surface area contributed by atoms with E-state index in [1.165, 1.54) is 17.0 Å². The Hall–Kier alpha value is -4.03. The van der Waals surface area contributed by atoms with Crippen LogP contribution in [0.1, 0.15) is 60.0 Å². The summed E-state index contributed by atoms with van der Waals surface area (Å²) in [6.07, 6.45) is -3.04. The summed E-state index contributed by atoms with van der Waals surface area (Å²) in [6, 6.07) is 6.05. The molecule has 1 saturated heterocycles. The summed E-state index contributed by atoms with van der Waals surface area (Å²) in [5.74, 6) is -1.93. The highest BCUT2D eigenvalue weighted by Crippen LogP contribution is 2.38. The summed E-state index contributed by atoms with van der Waals surface area (Å²) in [5.41, 5.74) is 3.60. The van der Waals surface area contributed by atoms with E-state index < -0.39 is 35.3 Å². The van der Waals surface area contributed by atoms with Crippen LogP contribution in [0.4, 0.5) is 23.7 Å². The van der Waals surface area contributed by atoms with Gasteiger partial charge in [0.2, 0.25) is 5.96 Å². The summed E-state index contributed by atoms with van der Waals surface area (Å²) < 4.78 is 46.9. The number of amides is 3. The van der Waals surface area contributed by atoms with E-state index in [2.05, 4.69) is 20.6 Å². The standard InChI is InChI=1S/C24H29F3N6O4/c1-23(2,3)37-22(36)32-21(28)31-19(34)14-8-9-18(16(12-14)24(25,26)27)33-11-5-6-15(13-33)30-20(35)17-7-4-10-29-17/h4,7-10,12,15,29H,5-6,11,13H2,1-3H3,(H,30,35)(H3,28,31,32,34,36). The number of guanidine groups is 1. The highest BCUT2D eigenvalue weighted by molar-refractivity contribution is 6.07. The summed E-state index contributed by atoms with van der Waals surface area (Å²) in [7, 11) is 0. The topological polar surface area (TPSA) is 142 Å². The molecule has 0 spiro atoms. The molecular weight excluding hydrogens is 493 g/mol.